The highest BCUT2D eigenvalue weighted by Crippen LogP contribution is 2.12. The third kappa shape index (κ3) is 5.60. The highest BCUT2D eigenvalue weighted by atomic mass is 19.1. The van der Waals surface area contributed by atoms with Crippen LogP contribution in [0.5, 0.6) is 5.75 Å². The maximum atomic E-state index is 13.4. The summed E-state index contributed by atoms with van der Waals surface area (Å²) in [5.74, 6) is -0.322. The SMILES string of the molecule is CCOc1ccc(C(=O)NCC(=O)NCc2ccc(C)c(F)c2)cc1. The van der Waals surface area contributed by atoms with Crippen molar-refractivity contribution >= 4 is 11.8 Å². The van der Waals surface area contributed by atoms with E-state index in [4.69, 9.17) is 4.74 Å². The second kappa shape index (κ2) is 8.82. The van der Waals surface area contributed by atoms with Crippen molar-refractivity contribution in [1.29, 1.82) is 0 Å². The first-order valence-electron chi connectivity index (χ1n) is 8.02. The quantitative estimate of drug-likeness (QED) is 0.811. The van der Waals surface area contributed by atoms with Gasteiger partial charge in [-0.15, -0.1) is 0 Å². The zero-order valence-corrected chi connectivity index (χ0v) is 14.3. The topological polar surface area (TPSA) is 67.4 Å². The van der Waals surface area contributed by atoms with Gasteiger partial charge in [0.25, 0.3) is 5.91 Å². The van der Waals surface area contributed by atoms with Crippen LogP contribution in [0.2, 0.25) is 0 Å². The maximum Gasteiger partial charge on any atom is 0.251 e. The van der Waals surface area contributed by atoms with Crippen LogP contribution in [0.1, 0.15) is 28.4 Å². The average molecular weight is 344 g/mol. The van der Waals surface area contributed by atoms with Crippen molar-refractivity contribution in [1.82, 2.24) is 10.6 Å². The number of aryl methyl sites for hydroxylation is 1. The summed E-state index contributed by atoms with van der Waals surface area (Å²) < 4.78 is 18.7. The van der Waals surface area contributed by atoms with Crippen molar-refractivity contribution in [2.45, 2.75) is 20.4 Å². The summed E-state index contributed by atoms with van der Waals surface area (Å²) in [6, 6.07) is 11.4. The number of hydrogen-bond acceptors (Lipinski definition) is 3. The Morgan fingerprint density at radius 1 is 1.08 bits per heavy atom. The van der Waals surface area contributed by atoms with E-state index in [1.165, 1.54) is 6.07 Å². The fourth-order valence-electron chi connectivity index (χ4n) is 2.14. The molecule has 2 N–H and O–H groups in total. The molecule has 6 heteroatoms. The van der Waals surface area contributed by atoms with Gasteiger partial charge in [-0.1, -0.05) is 12.1 Å². The minimum absolute atomic E-state index is 0.152. The van der Waals surface area contributed by atoms with Gasteiger partial charge in [-0.2, -0.15) is 0 Å². The molecule has 2 rings (SSSR count). The zero-order valence-electron chi connectivity index (χ0n) is 14.3. The Morgan fingerprint density at radius 2 is 1.80 bits per heavy atom. The molecule has 0 unspecified atom stereocenters. The third-order valence-corrected chi connectivity index (χ3v) is 3.56. The first-order chi connectivity index (χ1) is 12.0. The summed E-state index contributed by atoms with van der Waals surface area (Å²) in [5, 5.41) is 5.18. The van der Waals surface area contributed by atoms with Crippen molar-refractivity contribution in [3.8, 4) is 5.75 Å². The van der Waals surface area contributed by atoms with Crippen LogP contribution in [0.25, 0.3) is 0 Å². The van der Waals surface area contributed by atoms with Crippen LogP contribution < -0.4 is 15.4 Å². The van der Waals surface area contributed by atoms with Gasteiger partial charge in [0, 0.05) is 12.1 Å². The standard InChI is InChI=1S/C19H21FN2O3/c1-3-25-16-8-6-15(7-9-16)19(24)22-12-18(23)21-11-14-5-4-13(2)17(20)10-14/h4-10H,3,11-12H2,1-2H3,(H,21,23)(H,22,24). The number of rotatable bonds is 7. The minimum Gasteiger partial charge on any atom is -0.494 e. The molecule has 0 bridgehead atoms. The molecule has 0 aliphatic carbocycles. The number of hydrogen-bond donors (Lipinski definition) is 2. The Morgan fingerprint density at radius 3 is 2.44 bits per heavy atom. The normalized spacial score (nSPS) is 10.2. The van der Waals surface area contributed by atoms with Crippen molar-refractivity contribution < 1.29 is 18.7 Å². The molecular formula is C19H21FN2O3. The van der Waals surface area contributed by atoms with E-state index in [1.54, 1.807) is 43.3 Å². The van der Waals surface area contributed by atoms with E-state index < -0.39 is 0 Å². The third-order valence-electron chi connectivity index (χ3n) is 3.56. The molecule has 0 saturated heterocycles. The summed E-state index contributed by atoms with van der Waals surface area (Å²) in [6.45, 7) is 4.16. The average Bonchev–Trinajstić information content (AvgIpc) is 2.61. The smallest absolute Gasteiger partial charge is 0.251 e. The fraction of sp³-hybridized carbons (Fsp3) is 0.263. The van der Waals surface area contributed by atoms with Gasteiger partial charge < -0.3 is 15.4 Å². The van der Waals surface area contributed by atoms with Crippen molar-refractivity contribution in [2.75, 3.05) is 13.2 Å². The van der Waals surface area contributed by atoms with E-state index in [1.807, 2.05) is 6.92 Å². The molecule has 0 spiro atoms. The monoisotopic (exact) mass is 344 g/mol. The number of halogens is 1. The number of benzene rings is 2. The fourth-order valence-corrected chi connectivity index (χ4v) is 2.14. The van der Waals surface area contributed by atoms with Gasteiger partial charge >= 0.3 is 0 Å². The predicted molar refractivity (Wildman–Crippen MR) is 92.9 cm³/mol. The van der Waals surface area contributed by atoms with Crippen LogP contribution in [0.15, 0.2) is 42.5 Å². The van der Waals surface area contributed by atoms with E-state index in [2.05, 4.69) is 10.6 Å². The van der Waals surface area contributed by atoms with Crippen LogP contribution in [0, 0.1) is 12.7 Å². The van der Waals surface area contributed by atoms with Gasteiger partial charge in [0.1, 0.15) is 11.6 Å². The first-order valence-corrected chi connectivity index (χ1v) is 8.02. The Balaban J connectivity index is 1.78. The van der Waals surface area contributed by atoms with Gasteiger partial charge in [0.05, 0.1) is 13.2 Å². The first kappa shape index (κ1) is 18.4. The zero-order chi connectivity index (χ0) is 18.2. The van der Waals surface area contributed by atoms with Gasteiger partial charge in [-0.25, -0.2) is 4.39 Å². The lowest BCUT2D eigenvalue weighted by atomic mass is 10.1. The van der Waals surface area contributed by atoms with Gasteiger partial charge in [0.15, 0.2) is 0 Å². The van der Waals surface area contributed by atoms with Gasteiger partial charge in [-0.05, 0) is 55.3 Å². The van der Waals surface area contributed by atoms with E-state index >= 15 is 0 Å². The lowest BCUT2D eigenvalue weighted by Crippen LogP contribution is -2.36. The molecule has 2 amide bonds. The van der Waals surface area contributed by atoms with E-state index in [0.717, 1.165) is 0 Å². The number of carbonyl (C=O) groups excluding carboxylic acids is 2. The lowest BCUT2D eigenvalue weighted by Gasteiger charge is -2.08. The van der Waals surface area contributed by atoms with Crippen LogP contribution in [0.4, 0.5) is 4.39 Å². The highest BCUT2D eigenvalue weighted by Gasteiger charge is 2.08. The molecule has 132 valence electrons. The van der Waals surface area contributed by atoms with Crippen molar-refractivity contribution in [3.05, 3.63) is 65.0 Å². The van der Waals surface area contributed by atoms with Gasteiger partial charge in [0.2, 0.25) is 5.91 Å². The summed E-state index contributed by atoms with van der Waals surface area (Å²) in [6.07, 6.45) is 0. The number of carbonyl (C=O) groups is 2. The molecule has 0 aliphatic rings. The lowest BCUT2D eigenvalue weighted by molar-refractivity contribution is -0.120. The van der Waals surface area contributed by atoms with E-state index in [0.29, 0.717) is 29.0 Å². The number of amides is 2. The van der Waals surface area contributed by atoms with Crippen molar-refractivity contribution in [3.63, 3.8) is 0 Å². The Labute approximate surface area is 146 Å². The molecule has 0 aliphatic heterocycles. The van der Waals surface area contributed by atoms with Gasteiger partial charge in [-0.3, -0.25) is 9.59 Å². The molecule has 2 aromatic rings. The molecule has 0 atom stereocenters. The molecule has 0 heterocycles. The van der Waals surface area contributed by atoms with Crippen LogP contribution in [0.3, 0.4) is 0 Å². The Hall–Kier alpha value is -2.89. The van der Waals surface area contributed by atoms with Crippen LogP contribution in [-0.4, -0.2) is 25.0 Å². The van der Waals surface area contributed by atoms with Crippen LogP contribution >= 0.6 is 0 Å². The number of ether oxygens (including phenoxy) is 1. The largest absolute Gasteiger partial charge is 0.494 e. The van der Waals surface area contributed by atoms with E-state index in [-0.39, 0.29) is 30.7 Å². The molecule has 0 saturated carbocycles. The summed E-state index contributed by atoms with van der Waals surface area (Å²) in [5.41, 5.74) is 1.66. The number of nitrogens with one attached hydrogen (secondary N) is 2. The van der Waals surface area contributed by atoms with Crippen molar-refractivity contribution in [2.24, 2.45) is 0 Å². The molecule has 0 aromatic heterocycles. The Bertz CT molecular complexity index is 745. The molecule has 2 aromatic carbocycles. The summed E-state index contributed by atoms with van der Waals surface area (Å²) in [7, 11) is 0. The Kier molecular flexibility index (Phi) is 6.51. The molecule has 0 fully saturated rings. The molecule has 5 nitrogen and oxygen atoms in total. The van der Waals surface area contributed by atoms with Crippen LogP contribution in [-0.2, 0) is 11.3 Å². The van der Waals surface area contributed by atoms with E-state index in [9.17, 15) is 14.0 Å². The highest BCUT2D eigenvalue weighted by molar-refractivity contribution is 5.96. The molecular weight excluding hydrogens is 323 g/mol. The second-order valence-electron chi connectivity index (χ2n) is 5.50. The molecule has 0 radical (unpaired) electrons. The summed E-state index contributed by atoms with van der Waals surface area (Å²) >= 11 is 0. The predicted octanol–water partition coefficient (Wildman–Crippen LogP) is 2.58. The summed E-state index contributed by atoms with van der Waals surface area (Å²) in [4.78, 5) is 23.8. The molecule has 25 heavy (non-hydrogen) atoms. The minimum atomic E-state index is -0.348. The second-order valence-corrected chi connectivity index (χ2v) is 5.50. The maximum absolute atomic E-state index is 13.4.